The summed E-state index contributed by atoms with van der Waals surface area (Å²) in [7, 11) is 0. The fourth-order valence-electron chi connectivity index (χ4n) is 1.20. The molecule has 5 nitrogen and oxygen atoms in total. The van der Waals surface area contributed by atoms with Crippen molar-refractivity contribution in [1.82, 2.24) is 14.7 Å². The number of hydrogen-bond donors (Lipinski definition) is 2. The second kappa shape index (κ2) is 5.35. The summed E-state index contributed by atoms with van der Waals surface area (Å²) in [4.78, 5) is 15.2. The number of rotatable bonds is 3. The molecule has 88 valence electrons. The van der Waals surface area contributed by atoms with E-state index in [4.69, 9.17) is 0 Å². The molecule has 1 heterocycles. The van der Waals surface area contributed by atoms with Gasteiger partial charge in [-0.05, 0) is 17.7 Å². The number of nitrogens with zero attached hydrogens (tertiary/aromatic N) is 2. The number of aromatic nitrogens is 2. The third-order valence-corrected chi connectivity index (χ3v) is 2.50. The molecule has 0 fully saturated rings. The monoisotopic (exact) mass is 252 g/mol. The topological polar surface area (TPSA) is 66.9 Å². The van der Waals surface area contributed by atoms with Crippen LogP contribution in [-0.4, -0.2) is 15.4 Å². The zero-order valence-corrected chi connectivity index (χ0v) is 9.50. The van der Waals surface area contributed by atoms with Crippen LogP contribution in [0, 0.1) is 5.82 Å². The van der Waals surface area contributed by atoms with Gasteiger partial charge >= 0.3 is 6.03 Å². The van der Waals surface area contributed by atoms with Crippen molar-refractivity contribution in [3.05, 3.63) is 42.0 Å². The standard InChI is InChI=1S/C10H9FN4OS/c11-8-3-1-2-7(4-8)5-12-9(16)15-10-13-6-14-17-10/h1-4,6H,5H2,(H2,12,13,14,15,16). The van der Waals surface area contributed by atoms with Gasteiger partial charge in [-0.15, -0.1) is 0 Å². The Labute approximate surface area is 101 Å². The summed E-state index contributed by atoms with van der Waals surface area (Å²) in [5.41, 5.74) is 0.692. The Morgan fingerprint density at radius 3 is 3.06 bits per heavy atom. The second-order valence-corrected chi connectivity index (χ2v) is 3.96. The van der Waals surface area contributed by atoms with Gasteiger partial charge in [-0.1, -0.05) is 12.1 Å². The molecule has 0 saturated heterocycles. The maximum atomic E-state index is 12.9. The van der Waals surface area contributed by atoms with Crippen LogP contribution >= 0.6 is 11.5 Å². The Morgan fingerprint density at radius 2 is 2.35 bits per heavy atom. The molecule has 2 amide bonds. The summed E-state index contributed by atoms with van der Waals surface area (Å²) in [5.74, 6) is -0.325. The molecule has 0 bridgehead atoms. The van der Waals surface area contributed by atoms with Gasteiger partial charge in [0.1, 0.15) is 12.1 Å². The van der Waals surface area contributed by atoms with Crippen molar-refractivity contribution < 1.29 is 9.18 Å². The lowest BCUT2D eigenvalue weighted by atomic mass is 10.2. The zero-order valence-electron chi connectivity index (χ0n) is 8.68. The lowest BCUT2D eigenvalue weighted by Gasteiger charge is -2.05. The smallest absolute Gasteiger partial charge is 0.321 e. The van der Waals surface area contributed by atoms with Crippen molar-refractivity contribution in [2.75, 3.05) is 5.32 Å². The molecule has 0 radical (unpaired) electrons. The third-order valence-electron chi connectivity index (χ3n) is 1.92. The van der Waals surface area contributed by atoms with Crippen LogP contribution in [0.3, 0.4) is 0 Å². The highest BCUT2D eigenvalue weighted by molar-refractivity contribution is 7.09. The van der Waals surface area contributed by atoms with E-state index in [9.17, 15) is 9.18 Å². The summed E-state index contributed by atoms with van der Waals surface area (Å²) in [6.45, 7) is 0.252. The third kappa shape index (κ3) is 3.49. The van der Waals surface area contributed by atoms with Gasteiger partial charge in [0.05, 0.1) is 0 Å². The number of hydrogen-bond acceptors (Lipinski definition) is 4. The van der Waals surface area contributed by atoms with Gasteiger partial charge in [-0.2, -0.15) is 4.37 Å². The number of carbonyl (C=O) groups excluding carboxylic acids is 1. The van der Waals surface area contributed by atoms with Gasteiger partial charge in [0.25, 0.3) is 0 Å². The normalized spacial score (nSPS) is 9.94. The van der Waals surface area contributed by atoms with E-state index < -0.39 is 6.03 Å². The molecule has 0 atom stereocenters. The number of halogens is 1. The Hall–Kier alpha value is -2.02. The van der Waals surface area contributed by atoms with Gasteiger partial charge in [0, 0.05) is 18.1 Å². The maximum Gasteiger partial charge on any atom is 0.321 e. The van der Waals surface area contributed by atoms with E-state index in [-0.39, 0.29) is 12.4 Å². The predicted octanol–water partition coefficient (Wildman–Crippen LogP) is 2.00. The van der Waals surface area contributed by atoms with E-state index in [0.29, 0.717) is 10.7 Å². The number of carbonyl (C=O) groups is 1. The molecular formula is C10H9FN4OS. The van der Waals surface area contributed by atoms with Gasteiger partial charge in [0.15, 0.2) is 0 Å². The average molecular weight is 252 g/mol. The first-order chi connectivity index (χ1) is 8.24. The summed E-state index contributed by atoms with van der Waals surface area (Å²) >= 11 is 1.08. The van der Waals surface area contributed by atoms with Gasteiger partial charge in [-0.25, -0.2) is 14.2 Å². The van der Waals surface area contributed by atoms with Gasteiger partial charge in [-0.3, -0.25) is 5.32 Å². The molecule has 7 heteroatoms. The second-order valence-electron chi connectivity index (χ2n) is 3.18. The summed E-state index contributed by atoms with van der Waals surface area (Å²) in [5, 5.41) is 5.51. The SMILES string of the molecule is O=C(NCc1cccc(F)c1)Nc1ncns1. The van der Waals surface area contributed by atoms with Crippen LogP contribution in [0.1, 0.15) is 5.56 Å². The first-order valence-electron chi connectivity index (χ1n) is 4.80. The van der Waals surface area contributed by atoms with E-state index in [1.807, 2.05) is 0 Å². The minimum absolute atomic E-state index is 0.252. The van der Waals surface area contributed by atoms with Gasteiger partial charge in [0.2, 0.25) is 5.13 Å². The van der Waals surface area contributed by atoms with Crippen LogP contribution in [0.2, 0.25) is 0 Å². The molecule has 1 aromatic heterocycles. The molecule has 0 unspecified atom stereocenters. The number of nitrogens with one attached hydrogen (secondary N) is 2. The van der Waals surface area contributed by atoms with Crippen molar-refractivity contribution in [1.29, 1.82) is 0 Å². The van der Waals surface area contributed by atoms with Gasteiger partial charge < -0.3 is 5.32 Å². The van der Waals surface area contributed by atoms with Crippen LogP contribution in [-0.2, 0) is 6.54 Å². The molecule has 2 N–H and O–H groups in total. The van der Waals surface area contributed by atoms with Crippen LogP contribution in [0.4, 0.5) is 14.3 Å². The van der Waals surface area contributed by atoms with Crippen molar-refractivity contribution in [2.45, 2.75) is 6.54 Å². The number of amides is 2. The quantitative estimate of drug-likeness (QED) is 0.878. The molecule has 2 rings (SSSR count). The number of urea groups is 1. The van der Waals surface area contributed by atoms with Crippen LogP contribution in [0.15, 0.2) is 30.6 Å². The zero-order chi connectivity index (χ0) is 12.1. The summed E-state index contributed by atoms with van der Waals surface area (Å²) < 4.78 is 16.6. The molecule has 1 aromatic carbocycles. The molecular weight excluding hydrogens is 243 g/mol. The highest BCUT2D eigenvalue weighted by Gasteiger charge is 2.03. The minimum Gasteiger partial charge on any atom is -0.334 e. The molecule has 2 aromatic rings. The fourth-order valence-corrected chi connectivity index (χ4v) is 1.63. The summed E-state index contributed by atoms with van der Waals surface area (Å²) in [6, 6.07) is 5.64. The average Bonchev–Trinajstić information content (AvgIpc) is 2.79. The Balaban J connectivity index is 1.84. The van der Waals surface area contributed by atoms with E-state index in [2.05, 4.69) is 20.0 Å². The molecule has 17 heavy (non-hydrogen) atoms. The largest absolute Gasteiger partial charge is 0.334 e. The minimum atomic E-state index is -0.397. The van der Waals surface area contributed by atoms with Crippen LogP contribution < -0.4 is 10.6 Å². The van der Waals surface area contributed by atoms with E-state index in [0.717, 1.165) is 11.5 Å². The summed E-state index contributed by atoms with van der Waals surface area (Å²) in [6.07, 6.45) is 1.35. The van der Waals surface area contributed by atoms with Crippen molar-refractivity contribution in [3.8, 4) is 0 Å². The molecule has 0 spiro atoms. The highest BCUT2D eigenvalue weighted by Crippen LogP contribution is 2.06. The van der Waals surface area contributed by atoms with Crippen LogP contribution in [0.5, 0.6) is 0 Å². The van der Waals surface area contributed by atoms with Crippen LogP contribution in [0.25, 0.3) is 0 Å². The lowest BCUT2D eigenvalue weighted by molar-refractivity contribution is 0.251. The first-order valence-corrected chi connectivity index (χ1v) is 5.57. The maximum absolute atomic E-state index is 12.9. The molecule has 0 saturated carbocycles. The van der Waals surface area contributed by atoms with E-state index in [1.54, 1.807) is 12.1 Å². The fraction of sp³-hybridized carbons (Fsp3) is 0.100. The van der Waals surface area contributed by atoms with Crippen molar-refractivity contribution >= 4 is 22.7 Å². The Bertz CT molecular complexity index is 503. The Kier molecular flexibility index (Phi) is 3.61. The lowest BCUT2D eigenvalue weighted by Crippen LogP contribution is -2.28. The van der Waals surface area contributed by atoms with E-state index in [1.165, 1.54) is 18.5 Å². The molecule has 0 aliphatic heterocycles. The highest BCUT2D eigenvalue weighted by atomic mass is 32.1. The van der Waals surface area contributed by atoms with E-state index >= 15 is 0 Å². The molecule has 0 aliphatic carbocycles. The first kappa shape index (κ1) is 11.5. The molecule has 0 aliphatic rings. The Morgan fingerprint density at radius 1 is 1.47 bits per heavy atom. The number of anilines is 1. The van der Waals surface area contributed by atoms with Crippen molar-refractivity contribution in [2.24, 2.45) is 0 Å². The predicted molar refractivity (Wildman–Crippen MR) is 62.2 cm³/mol. The number of benzene rings is 1. The van der Waals surface area contributed by atoms with Crippen molar-refractivity contribution in [3.63, 3.8) is 0 Å².